The van der Waals surface area contributed by atoms with Crippen LogP contribution in [0.3, 0.4) is 0 Å². The zero-order chi connectivity index (χ0) is 22.6. The second kappa shape index (κ2) is 8.72. The second-order valence-electron chi connectivity index (χ2n) is 7.17. The van der Waals surface area contributed by atoms with Crippen LogP contribution in [0, 0.1) is 0 Å². The van der Waals surface area contributed by atoms with Crippen LogP contribution in [-0.4, -0.2) is 31.6 Å². The summed E-state index contributed by atoms with van der Waals surface area (Å²) in [6.07, 6.45) is 0. The van der Waals surface area contributed by atoms with E-state index in [9.17, 15) is 9.59 Å². The van der Waals surface area contributed by atoms with Crippen LogP contribution in [-0.2, 0) is 0 Å². The van der Waals surface area contributed by atoms with E-state index in [4.69, 9.17) is 0 Å². The average molecular weight is 434 g/mol. The minimum atomic E-state index is -0.361. The summed E-state index contributed by atoms with van der Waals surface area (Å²) in [7, 11) is 0. The van der Waals surface area contributed by atoms with Crippen LogP contribution in [0.15, 0.2) is 97.1 Å². The molecular formula is C25H18N6O2. The zero-order valence-corrected chi connectivity index (χ0v) is 17.3. The van der Waals surface area contributed by atoms with E-state index in [-0.39, 0.29) is 23.7 Å². The monoisotopic (exact) mass is 434 g/mol. The van der Waals surface area contributed by atoms with Gasteiger partial charge in [-0.05, 0) is 42.5 Å². The number of nitrogens with one attached hydrogen (secondary N) is 2. The van der Waals surface area contributed by atoms with Crippen molar-refractivity contribution in [2.75, 3.05) is 10.6 Å². The van der Waals surface area contributed by atoms with Gasteiger partial charge >= 0.3 is 0 Å². The van der Waals surface area contributed by atoms with Gasteiger partial charge in [0.1, 0.15) is 0 Å². The number of amides is 2. The van der Waals surface area contributed by atoms with E-state index >= 15 is 0 Å². The summed E-state index contributed by atoms with van der Waals surface area (Å²) in [5.41, 5.74) is 1.70. The zero-order valence-electron chi connectivity index (χ0n) is 17.3. The SMILES string of the molecule is O=C(Nc1nc(NC(=O)c2ccccc2)n(-c2ccc3ccccc3n2)n1)c1ccccc1. The first-order valence-corrected chi connectivity index (χ1v) is 10.2. The van der Waals surface area contributed by atoms with Crippen molar-refractivity contribution >= 4 is 34.6 Å². The van der Waals surface area contributed by atoms with Gasteiger partial charge in [-0.25, -0.2) is 4.98 Å². The Bertz CT molecular complexity index is 1450. The number of nitrogens with zero attached hydrogens (tertiary/aromatic N) is 4. The number of rotatable bonds is 5. The Labute approximate surface area is 188 Å². The molecule has 0 saturated heterocycles. The summed E-state index contributed by atoms with van der Waals surface area (Å²) in [6.45, 7) is 0. The first-order valence-electron chi connectivity index (χ1n) is 10.2. The number of para-hydroxylation sites is 1. The molecule has 0 aliphatic carbocycles. The quantitative estimate of drug-likeness (QED) is 0.429. The molecule has 2 N–H and O–H groups in total. The van der Waals surface area contributed by atoms with Crippen molar-refractivity contribution in [1.82, 2.24) is 19.7 Å². The summed E-state index contributed by atoms with van der Waals surface area (Å²) in [5, 5.41) is 10.8. The predicted molar refractivity (Wildman–Crippen MR) is 125 cm³/mol. The van der Waals surface area contributed by atoms with E-state index in [2.05, 4.69) is 25.7 Å². The number of aromatic nitrogens is 4. The highest BCUT2D eigenvalue weighted by Gasteiger charge is 2.18. The average Bonchev–Trinajstić information content (AvgIpc) is 3.26. The predicted octanol–water partition coefficient (Wildman–Crippen LogP) is 4.32. The van der Waals surface area contributed by atoms with Crippen LogP contribution in [0.25, 0.3) is 16.7 Å². The van der Waals surface area contributed by atoms with Crippen molar-refractivity contribution < 1.29 is 9.59 Å². The van der Waals surface area contributed by atoms with Gasteiger partial charge in [-0.3, -0.25) is 20.2 Å². The third kappa shape index (κ3) is 4.31. The number of hydrogen-bond donors (Lipinski definition) is 2. The van der Waals surface area contributed by atoms with Gasteiger partial charge in [-0.15, -0.1) is 5.10 Å². The molecule has 0 atom stereocenters. The highest BCUT2D eigenvalue weighted by molar-refractivity contribution is 6.04. The van der Waals surface area contributed by atoms with E-state index in [0.717, 1.165) is 10.9 Å². The number of pyridine rings is 1. The number of carbonyl (C=O) groups excluding carboxylic acids is 2. The maximum atomic E-state index is 12.8. The molecule has 5 rings (SSSR count). The molecule has 0 fully saturated rings. The van der Waals surface area contributed by atoms with Crippen LogP contribution >= 0.6 is 0 Å². The lowest BCUT2D eigenvalue weighted by Gasteiger charge is -2.07. The van der Waals surface area contributed by atoms with Crippen molar-refractivity contribution in [3.05, 3.63) is 108 Å². The fraction of sp³-hybridized carbons (Fsp3) is 0. The maximum Gasteiger partial charge on any atom is 0.258 e. The highest BCUT2D eigenvalue weighted by Crippen LogP contribution is 2.19. The summed E-state index contributed by atoms with van der Waals surface area (Å²) >= 11 is 0. The molecule has 8 nitrogen and oxygen atoms in total. The lowest BCUT2D eigenvalue weighted by Crippen LogP contribution is -2.16. The van der Waals surface area contributed by atoms with Gasteiger partial charge in [-0.2, -0.15) is 9.67 Å². The molecule has 0 radical (unpaired) electrons. The molecule has 0 aliphatic rings. The molecule has 0 unspecified atom stereocenters. The number of benzene rings is 3. The lowest BCUT2D eigenvalue weighted by atomic mass is 10.2. The molecular weight excluding hydrogens is 416 g/mol. The number of carbonyl (C=O) groups is 2. The third-order valence-electron chi connectivity index (χ3n) is 4.93. The number of hydrogen-bond acceptors (Lipinski definition) is 5. The Hall–Kier alpha value is -4.85. The Kier molecular flexibility index (Phi) is 5.30. The minimum absolute atomic E-state index is 0.0437. The third-order valence-corrected chi connectivity index (χ3v) is 4.93. The van der Waals surface area contributed by atoms with Crippen molar-refractivity contribution in [3.8, 4) is 5.82 Å². The fourth-order valence-corrected chi connectivity index (χ4v) is 3.31. The summed E-state index contributed by atoms with van der Waals surface area (Å²) in [4.78, 5) is 34.3. The normalized spacial score (nSPS) is 10.7. The van der Waals surface area contributed by atoms with Gasteiger partial charge < -0.3 is 0 Å². The van der Waals surface area contributed by atoms with Crippen LogP contribution in [0.5, 0.6) is 0 Å². The molecule has 0 saturated carbocycles. The lowest BCUT2D eigenvalue weighted by molar-refractivity contribution is 0.101. The maximum absolute atomic E-state index is 12.8. The van der Waals surface area contributed by atoms with Gasteiger partial charge in [0.2, 0.25) is 5.95 Å². The Morgan fingerprint density at radius 2 is 1.24 bits per heavy atom. The van der Waals surface area contributed by atoms with Crippen LogP contribution in [0.2, 0.25) is 0 Å². The summed E-state index contributed by atoms with van der Waals surface area (Å²) in [5.74, 6) is -0.0897. The van der Waals surface area contributed by atoms with E-state index in [1.807, 2.05) is 42.5 Å². The molecule has 2 heterocycles. The molecule has 33 heavy (non-hydrogen) atoms. The van der Waals surface area contributed by atoms with Crippen LogP contribution in [0.4, 0.5) is 11.9 Å². The molecule has 0 aliphatic heterocycles. The standard InChI is InChI=1S/C25H18N6O2/c32-22(18-10-3-1-4-11-18)27-24-29-25(28-23(33)19-12-5-2-6-13-19)31(30-24)21-16-15-17-9-7-8-14-20(17)26-21/h1-16H,(H2,27,28,29,30,32,33). The van der Waals surface area contributed by atoms with Crippen molar-refractivity contribution in [1.29, 1.82) is 0 Å². The van der Waals surface area contributed by atoms with E-state index in [1.165, 1.54) is 4.68 Å². The molecule has 2 amide bonds. The number of fused-ring (bicyclic) bond motifs is 1. The fourth-order valence-electron chi connectivity index (χ4n) is 3.31. The Morgan fingerprint density at radius 1 is 0.636 bits per heavy atom. The molecule has 3 aromatic carbocycles. The Morgan fingerprint density at radius 3 is 1.94 bits per heavy atom. The van der Waals surface area contributed by atoms with Gasteiger partial charge in [0.15, 0.2) is 5.82 Å². The molecule has 160 valence electrons. The molecule has 8 heteroatoms. The first kappa shape index (κ1) is 20.1. The van der Waals surface area contributed by atoms with Gasteiger partial charge in [0.05, 0.1) is 5.52 Å². The van der Waals surface area contributed by atoms with Gasteiger partial charge in [0.25, 0.3) is 17.8 Å². The largest absolute Gasteiger partial charge is 0.290 e. The molecule has 5 aromatic rings. The molecule has 0 bridgehead atoms. The van der Waals surface area contributed by atoms with Crippen LogP contribution < -0.4 is 10.6 Å². The second-order valence-corrected chi connectivity index (χ2v) is 7.17. The van der Waals surface area contributed by atoms with Crippen molar-refractivity contribution in [3.63, 3.8) is 0 Å². The number of anilines is 2. The van der Waals surface area contributed by atoms with Gasteiger partial charge in [0, 0.05) is 16.5 Å². The molecule has 2 aromatic heterocycles. The van der Waals surface area contributed by atoms with Crippen molar-refractivity contribution in [2.45, 2.75) is 0 Å². The molecule has 0 spiro atoms. The van der Waals surface area contributed by atoms with E-state index < -0.39 is 0 Å². The summed E-state index contributed by atoms with van der Waals surface area (Å²) < 4.78 is 1.40. The van der Waals surface area contributed by atoms with E-state index in [0.29, 0.717) is 16.9 Å². The van der Waals surface area contributed by atoms with Crippen molar-refractivity contribution in [2.24, 2.45) is 0 Å². The summed E-state index contributed by atoms with van der Waals surface area (Å²) in [6, 6.07) is 28.9. The minimum Gasteiger partial charge on any atom is -0.290 e. The van der Waals surface area contributed by atoms with E-state index in [1.54, 1.807) is 54.6 Å². The highest BCUT2D eigenvalue weighted by atomic mass is 16.2. The van der Waals surface area contributed by atoms with Gasteiger partial charge in [-0.1, -0.05) is 54.6 Å². The Balaban J connectivity index is 1.52. The van der Waals surface area contributed by atoms with Crippen LogP contribution in [0.1, 0.15) is 20.7 Å². The smallest absolute Gasteiger partial charge is 0.258 e. The first-order chi connectivity index (χ1) is 16.2. The topological polar surface area (TPSA) is 102 Å².